The van der Waals surface area contributed by atoms with Crippen molar-refractivity contribution in [3.05, 3.63) is 52.4 Å². The Morgan fingerprint density at radius 1 is 1.06 bits per heavy atom. The van der Waals surface area contributed by atoms with Crippen LogP contribution < -0.4 is 0 Å². The van der Waals surface area contributed by atoms with Crippen LogP contribution in [0.1, 0.15) is 32.8 Å². The van der Waals surface area contributed by atoms with Crippen LogP contribution in [-0.4, -0.2) is 48.6 Å². The van der Waals surface area contributed by atoms with Gasteiger partial charge in [-0.3, -0.25) is 4.79 Å². The minimum absolute atomic E-state index is 0.00660. The van der Waals surface area contributed by atoms with Crippen molar-refractivity contribution < 1.29 is 31.7 Å². The maximum atomic E-state index is 14.6. The largest absolute Gasteiger partial charge is 0.383 e. The predicted molar refractivity (Wildman–Crippen MR) is 138 cm³/mol. The van der Waals surface area contributed by atoms with Crippen LogP contribution in [0, 0.1) is 29.1 Å². The van der Waals surface area contributed by atoms with Gasteiger partial charge >= 0.3 is 10.1 Å². The fourth-order valence-corrected chi connectivity index (χ4v) is 10.8. The summed E-state index contributed by atoms with van der Waals surface area (Å²) in [5, 5.41) is 0.693. The summed E-state index contributed by atoms with van der Waals surface area (Å²) >= 11 is 0. The van der Waals surface area contributed by atoms with E-state index in [-0.39, 0.29) is 22.4 Å². The van der Waals surface area contributed by atoms with E-state index in [0.29, 0.717) is 17.2 Å². The molecule has 1 fully saturated rings. The smallest absolute Gasteiger partial charge is 0.338 e. The monoisotopic (exact) mass is 532 g/mol. The number of carbonyl (C=O) groups is 2. The molecule has 0 saturated heterocycles. The molecule has 2 bridgehead atoms. The van der Waals surface area contributed by atoms with Crippen molar-refractivity contribution in [2.75, 3.05) is 14.2 Å². The van der Waals surface area contributed by atoms with E-state index in [4.69, 9.17) is 13.7 Å². The molecular weight excluding hydrogens is 496 g/mol. The predicted octanol–water partition coefficient (Wildman–Crippen LogP) is 4.58. The van der Waals surface area contributed by atoms with E-state index in [9.17, 15) is 18.0 Å². The molecule has 1 saturated carbocycles. The van der Waals surface area contributed by atoms with Crippen LogP contribution in [0.5, 0.6) is 0 Å². The van der Waals surface area contributed by atoms with Gasteiger partial charge in [0.25, 0.3) is 0 Å². The van der Waals surface area contributed by atoms with Gasteiger partial charge in [0, 0.05) is 14.2 Å². The van der Waals surface area contributed by atoms with E-state index in [1.54, 1.807) is 26.0 Å². The van der Waals surface area contributed by atoms with Gasteiger partial charge in [-0.05, 0) is 56.0 Å². The summed E-state index contributed by atoms with van der Waals surface area (Å²) in [6, 6.07) is 6.39. The van der Waals surface area contributed by atoms with Gasteiger partial charge < -0.3 is 18.5 Å². The average molecular weight is 533 g/mol. The van der Waals surface area contributed by atoms with Gasteiger partial charge in [-0.25, -0.2) is 0 Å². The van der Waals surface area contributed by atoms with Gasteiger partial charge in [0.2, 0.25) is 11.6 Å². The number of rotatable bonds is 7. The molecule has 196 valence electrons. The van der Waals surface area contributed by atoms with Gasteiger partial charge in [-0.1, -0.05) is 50.3 Å². The number of benzene rings is 1. The lowest BCUT2D eigenvalue weighted by atomic mass is 9.40. The lowest BCUT2D eigenvalue weighted by Gasteiger charge is -2.68. The quantitative estimate of drug-likeness (QED) is 0.167. The van der Waals surface area contributed by atoms with Crippen LogP contribution in [0.25, 0.3) is 0 Å². The Bertz CT molecular complexity index is 1300. The highest BCUT2D eigenvalue weighted by Crippen LogP contribution is 2.76. The number of ketones is 1. The van der Waals surface area contributed by atoms with Crippen molar-refractivity contribution >= 4 is 30.3 Å². The van der Waals surface area contributed by atoms with Crippen molar-refractivity contribution in [2.45, 2.75) is 64.4 Å². The first-order valence-corrected chi connectivity index (χ1v) is 17.1. The second kappa shape index (κ2) is 7.96. The van der Waals surface area contributed by atoms with Crippen LogP contribution >= 0.6 is 0 Å². The molecule has 5 rings (SSSR count). The molecular formula is C27H36O7SSi. The summed E-state index contributed by atoms with van der Waals surface area (Å²) in [5.74, 6) is -2.36. The first kappa shape index (κ1) is 27.0. The zero-order valence-corrected chi connectivity index (χ0v) is 24.3. The molecule has 1 aromatic rings. The third-order valence-electron chi connectivity index (χ3n) is 8.89. The fraction of sp³-hybridized carbons (Fsp3) is 0.556. The second-order valence-corrected chi connectivity index (χ2v) is 18.2. The van der Waals surface area contributed by atoms with Gasteiger partial charge in [0.05, 0.1) is 18.9 Å². The lowest BCUT2D eigenvalue weighted by molar-refractivity contribution is -0.288. The summed E-state index contributed by atoms with van der Waals surface area (Å²) < 4.78 is 45.4. The number of aldehydes is 1. The van der Waals surface area contributed by atoms with Crippen molar-refractivity contribution in [1.29, 1.82) is 0 Å². The molecule has 0 aliphatic heterocycles. The number of hydrogen-bond donors (Lipinski definition) is 0. The highest BCUT2D eigenvalue weighted by molar-refractivity contribution is 7.86. The maximum Gasteiger partial charge on any atom is 0.338 e. The molecule has 1 spiro atoms. The molecule has 36 heavy (non-hydrogen) atoms. The molecule has 4 atom stereocenters. The Hall–Kier alpha value is -2.07. The molecule has 4 aliphatic carbocycles. The normalized spacial score (nSPS) is 33.4. The number of methoxy groups -OCH3 is 2. The van der Waals surface area contributed by atoms with E-state index in [1.165, 1.54) is 26.4 Å². The number of allylic oxidation sites excluding steroid dienone is 3. The van der Waals surface area contributed by atoms with Gasteiger partial charge in [-0.15, -0.1) is 0 Å². The summed E-state index contributed by atoms with van der Waals surface area (Å²) in [7, 11) is -4.07. The third kappa shape index (κ3) is 2.88. The third-order valence-corrected chi connectivity index (χ3v) is 12.2. The maximum absolute atomic E-state index is 14.6. The zero-order valence-electron chi connectivity index (χ0n) is 22.5. The number of carbonyl (C=O) groups excluding carboxylic acids is 2. The Kier molecular flexibility index (Phi) is 5.97. The van der Waals surface area contributed by atoms with Crippen LogP contribution in [0.3, 0.4) is 0 Å². The standard InChI is InChI=1S/C27H36O7SSi/c1-17-10-13-19(14-11-17)35(30,31)34-21-22(36(7,8)9)26-18(2)12-15-20(26)24(3,16-28)25(21,4)27(32-5,33-6)23(26)29/h10-11,13-16,18H,12H2,1-9H3/t18-,24?,25?,26?/m0/s1. The highest BCUT2D eigenvalue weighted by Gasteiger charge is 2.84. The van der Waals surface area contributed by atoms with E-state index in [1.807, 2.05) is 19.9 Å². The summed E-state index contributed by atoms with van der Waals surface area (Å²) in [6.07, 6.45) is 3.35. The van der Waals surface area contributed by atoms with Gasteiger partial charge in [0.1, 0.15) is 22.4 Å². The summed E-state index contributed by atoms with van der Waals surface area (Å²) in [6.45, 7) is 13.4. The molecule has 0 aromatic heterocycles. The SMILES string of the molecule is COC1(OC)C(=O)C23C(=CC[C@@H]2C)C(C)(C=O)C1(C)C(OS(=O)(=O)c1ccc(C)cc1)=C3[Si](C)(C)C. The fourth-order valence-electron chi connectivity index (χ4n) is 7.05. The van der Waals surface area contributed by atoms with Gasteiger partial charge in [-0.2, -0.15) is 8.42 Å². The molecule has 0 radical (unpaired) electrons. The minimum Gasteiger partial charge on any atom is -0.383 e. The summed E-state index contributed by atoms with van der Waals surface area (Å²) in [5.41, 5.74) is -2.56. The Morgan fingerprint density at radius 2 is 1.61 bits per heavy atom. The number of Topliss-reactive ketones (excluding diaryl/α,β-unsaturated/α-hetero) is 1. The lowest BCUT2D eigenvalue weighted by Crippen LogP contribution is -2.78. The first-order chi connectivity index (χ1) is 16.6. The van der Waals surface area contributed by atoms with Crippen LogP contribution in [-0.2, 0) is 33.4 Å². The summed E-state index contributed by atoms with van der Waals surface area (Å²) in [4.78, 5) is 27.7. The van der Waals surface area contributed by atoms with Crippen LogP contribution in [0.15, 0.2) is 51.8 Å². The molecule has 9 heteroatoms. The Morgan fingerprint density at radius 3 is 2.08 bits per heavy atom. The molecule has 1 aromatic carbocycles. The van der Waals surface area contributed by atoms with Crippen molar-refractivity contribution in [3.63, 3.8) is 0 Å². The molecule has 0 amide bonds. The van der Waals surface area contributed by atoms with Crippen LogP contribution in [0.4, 0.5) is 0 Å². The van der Waals surface area contributed by atoms with E-state index < -0.39 is 40.2 Å². The average Bonchev–Trinajstić information content (AvgIpc) is 3.15. The molecule has 0 heterocycles. The zero-order chi connectivity index (χ0) is 27.1. The van der Waals surface area contributed by atoms with Crippen LogP contribution in [0.2, 0.25) is 19.6 Å². The first-order valence-electron chi connectivity index (χ1n) is 12.2. The Balaban J connectivity index is 2.19. The second-order valence-electron chi connectivity index (χ2n) is 11.7. The van der Waals surface area contributed by atoms with E-state index in [2.05, 4.69) is 19.6 Å². The van der Waals surface area contributed by atoms with E-state index in [0.717, 1.165) is 11.8 Å². The molecule has 7 nitrogen and oxygen atoms in total. The number of ether oxygens (including phenoxy) is 2. The topological polar surface area (TPSA) is 96.0 Å². The van der Waals surface area contributed by atoms with Crippen molar-refractivity contribution in [2.24, 2.45) is 22.2 Å². The molecule has 3 unspecified atom stereocenters. The number of aryl methyl sites for hydroxylation is 1. The van der Waals surface area contributed by atoms with Crippen molar-refractivity contribution in [3.8, 4) is 0 Å². The highest BCUT2D eigenvalue weighted by atomic mass is 32.2. The molecule has 4 aliphatic rings. The Labute approximate surface area is 215 Å². The minimum atomic E-state index is -4.32. The number of hydrogen-bond acceptors (Lipinski definition) is 7. The van der Waals surface area contributed by atoms with Gasteiger partial charge in [0.15, 0.2) is 0 Å². The molecule has 0 N–H and O–H groups in total. The van der Waals surface area contributed by atoms with Crippen molar-refractivity contribution in [1.82, 2.24) is 0 Å². The number of fused-ring (bicyclic) bond motifs is 1. The van der Waals surface area contributed by atoms with E-state index >= 15 is 0 Å².